The first kappa shape index (κ1) is 18.5. The molecule has 9 nitrogen and oxygen atoms in total. The van der Waals surface area contributed by atoms with Gasteiger partial charge in [0.25, 0.3) is 0 Å². The van der Waals surface area contributed by atoms with Crippen LogP contribution in [0.15, 0.2) is 36.5 Å². The number of anilines is 1. The van der Waals surface area contributed by atoms with E-state index in [1.807, 2.05) is 30.3 Å². The Bertz CT molecular complexity index is 1240. The van der Waals surface area contributed by atoms with Crippen molar-refractivity contribution in [2.45, 2.75) is 19.8 Å². The van der Waals surface area contributed by atoms with E-state index in [-0.39, 0.29) is 24.1 Å². The van der Waals surface area contributed by atoms with Crippen LogP contribution in [0.3, 0.4) is 0 Å². The van der Waals surface area contributed by atoms with E-state index in [1.54, 1.807) is 17.7 Å². The molecule has 5 rings (SSSR count). The maximum absolute atomic E-state index is 12.3. The van der Waals surface area contributed by atoms with Crippen molar-refractivity contribution in [3.63, 3.8) is 0 Å². The number of amides is 1. The summed E-state index contributed by atoms with van der Waals surface area (Å²) in [4.78, 5) is 33.3. The van der Waals surface area contributed by atoms with Crippen LogP contribution in [0.2, 0.25) is 0 Å². The molecule has 30 heavy (non-hydrogen) atoms. The number of hydrogen-bond acceptors (Lipinski definition) is 7. The Morgan fingerprint density at radius 1 is 1.27 bits per heavy atom. The summed E-state index contributed by atoms with van der Waals surface area (Å²) >= 11 is 1.33. The lowest BCUT2D eigenvalue weighted by atomic mass is 10.2. The summed E-state index contributed by atoms with van der Waals surface area (Å²) in [5.41, 5.74) is 1.58. The van der Waals surface area contributed by atoms with Crippen molar-refractivity contribution in [3.05, 3.63) is 42.2 Å². The Morgan fingerprint density at radius 2 is 2.07 bits per heavy atom. The van der Waals surface area contributed by atoms with Crippen LogP contribution in [0.1, 0.15) is 30.3 Å². The highest BCUT2D eigenvalue weighted by Crippen LogP contribution is 2.34. The fraction of sp³-hybridized carbons (Fsp3) is 0.250. The van der Waals surface area contributed by atoms with Crippen molar-refractivity contribution in [2.24, 2.45) is 5.92 Å². The molecule has 0 radical (unpaired) electrons. The number of nitrogens with zero attached hydrogens (tertiary/aromatic N) is 4. The maximum Gasteiger partial charge on any atom is 0.358 e. The highest BCUT2D eigenvalue weighted by molar-refractivity contribution is 7.22. The predicted molar refractivity (Wildman–Crippen MR) is 112 cm³/mol. The molecule has 10 heteroatoms. The number of ether oxygens (including phenoxy) is 1. The monoisotopic (exact) mass is 422 g/mol. The van der Waals surface area contributed by atoms with E-state index < -0.39 is 5.97 Å². The second kappa shape index (κ2) is 7.38. The van der Waals surface area contributed by atoms with Crippen molar-refractivity contribution >= 4 is 38.7 Å². The first-order chi connectivity index (χ1) is 14.6. The van der Waals surface area contributed by atoms with Gasteiger partial charge in [0.05, 0.1) is 6.61 Å². The van der Waals surface area contributed by atoms with E-state index in [1.165, 1.54) is 11.3 Å². The summed E-state index contributed by atoms with van der Waals surface area (Å²) in [5, 5.41) is 10.7. The minimum Gasteiger partial charge on any atom is -0.461 e. The summed E-state index contributed by atoms with van der Waals surface area (Å²) in [6, 6.07) is 9.53. The molecular weight excluding hydrogens is 404 g/mol. The maximum atomic E-state index is 12.3. The summed E-state index contributed by atoms with van der Waals surface area (Å²) < 4.78 is 7.61. The fourth-order valence-corrected chi connectivity index (χ4v) is 4.01. The van der Waals surface area contributed by atoms with Crippen LogP contribution in [-0.4, -0.2) is 43.2 Å². The Hall–Kier alpha value is -3.53. The SMILES string of the molecule is CCOC(=O)c1cn(-c2n[nH]c3nc(NC(=O)C4CC4)sc23)c(-c2ccccc2)n1. The molecule has 1 saturated carbocycles. The van der Waals surface area contributed by atoms with Crippen LogP contribution < -0.4 is 5.32 Å². The van der Waals surface area contributed by atoms with E-state index in [9.17, 15) is 9.59 Å². The first-order valence-electron chi connectivity index (χ1n) is 9.62. The molecule has 1 amide bonds. The zero-order valence-electron chi connectivity index (χ0n) is 16.1. The molecule has 4 aromatic rings. The van der Waals surface area contributed by atoms with E-state index in [0.29, 0.717) is 22.4 Å². The third kappa shape index (κ3) is 3.35. The first-order valence-corrected chi connectivity index (χ1v) is 10.4. The minimum atomic E-state index is -0.498. The molecule has 0 bridgehead atoms. The van der Waals surface area contributed by atoms with Gasteiger partial charge in [-0.3, -0.25) is 14.5 Å². The second-order valence-electron chi connectivity index (χ2n) is 6.91. The lowest BCUT2D eigenvalue weighted by Crippen LogP contribution is -2.12. The molecule has 1 aromatic carbocycles. The van der Waals surface area contributed by atoms with Gasteiger partial charge in [-0.1, -0.05) is 41.7 Å². The van der Waals surface area contributed by atoms with Crippen LogP contribution in [0.5, 0.6) is 0 Å². The van der Waals surface area contributed by atoms with Gasteiger partial charge < -0.3 is 10.1 Å². The minimum absolute atomic E-state index is 0.00175. The number of fused-ring (bicyclic) bond motifs is 1. The van der Waals surface area contributed by atoms with Crippen LogP contribution in [-0.2, 0) is 9.53 Å². The molecule has 0 spiro atoms. The second-order valence-corrected chi connectivity index (χ2v) is 7.91. The molecule has 0 unspecified atom stereocenters. The van der Waals surface area contributed by atoms with Gasteiger partial charge in [0.2, 0.25) is 5.91 Å². The number of carbonyl (C=O) groups excluding carboxylic acids is 2. The van der Waals surface area contributed by atoms with E-state index >= 15 is 0 Å². The van der Waals surface area contributed by atoms with Crippen LogP contribution >= 0.6 is 11.3 Å². The summed E-state index contributed by atoms with van der Waals surface area (Å²) in [5.74, 6) is 0.704. The number of nitrogens with one attached hydrogen (secondary N) is 2. The zero-order valence-corrected chi connectivity index (χ0v) is 16.9. The number of aromatic amines is 1. The van der Waals surface area contributed by atoms with E-state index in [4.69, 9.17) is 4.74 Å². The quantitative estimate of drug-likeness (QED) is 0.460. The molecule has 1 aliphatic carbocycles. The Kier molecular flexibility index (Phi) is 4.55. The molecule has 3 aromatic heterocycles. The van der Waals surface area contributed by atoms with Crippen molar-refractivity contribution < 1.29 is 14.3 Å². The number of carbonyl (C=O) groups is 2. The van der Waals surface area contributed by atoms with Crippen molar-refractivity contribution in [1.29, 1.82) is 0 Å². The third-order valence-corrected chi connectivity index (χ3v) is 5.69. The highest BCUT2D eigenvalue weighted by Gasteiger charge is 2.30. The number of H-pyrrole nitrogens is 1. The average molecular weight is 422 g/mol. The largest absolute Gasteiger partial charge is 0.461 e. The topological polar surface area (TPSA) is 115 Å². The van der Waals surface area contributed by atoms with Crippen molar-refractivity contribution in [1.82, 2.24) is 24.7 Å². The van der Waals surface area contributed by atoms with E-state index in [2.05, 4.69) is 25.5 Å². The number of aromatic nitrogens is 5. The van der Waals surface area contributed by atoms with Gasteiger partial charge in [0.1, 0.15) is 10.5 Å². The van der Waals surface area contributed by atoms with Crippen molar-refractivity contribution in [3.8, 4) is 17.2 Å². The zero-order chi connectivity index (χ0) is 20.7. The number of esters is 1. The molecule has 1 fully saturated rings. The highest BCUT2D eigenvalue weighted by atomic mass is 32.1. The smallest absolute Gasteiger partial charge is 0.358 e. The molecule has 1 aliphatic rings. The summed E-state index contributed by atoms with van der Waals surface area (Å²) in [6.45, 7) is 2.01. The molecule has 3 heterocycles. The van der Waals surface area contributed by atoms with Gasteiger partial charge in [-0.05, 0) is 19.8 Å². The van der Waals surface area contributed by atoms with Gasteiger partial charge in [0.15, 0.2) is 22.3 Å². The van der Waals surface area contributed by atoms with Crippen LogP contribution in [0.25, 0.3) is 27.6 Å². The number of thiazole rings is 1. The van der Waals surface area contributed by atoms with Gasteiger partial charge in [-0.25, -0.2) is 14.8 Å². The van der Waals surface area contributed by atoms with Gasteiger partial charge in [-0.15, -0.1) is 0 Å². The fourth-order valence-electron chi connectivity index (χ4n) is 3.11. The lowest BCUT2D eigenvalue weighted by Gasteiger charge is -2.04. The Balaban J connectivity index is 1.58. The Labute approximate surface area is 175 Å². The van der Waals surface area contributed by atoms with Crippen LogP contribution in [0.4, 0.5) is 5.13 Å². The standard InChI is InChI=1S/C20H18N6O3S/c1-2-29-19(28)13-10-26(16(21-13)11-6-4-3-5-7-11)17-14-15(24-25-17)22-20(30-14)23-18(27)12-8-9-12/h3-7,10,12H,2,8-9H2,1H3,(H2,22,23,24,25,27). The number of hydrogen-bond donors (Lipinski definition) is 2. The predicted octanol–water partition coefficient (Wildman–Crippen LogP) is 3.40. The molecule has 152 valence electrons. The number of imidazole rings is 1. The van der Waals surface area contributed by atoms with Gasteiger partial charge in [0, 0.05) is 17.7 Å². The molecule has 2 N–H and O–H groups in total. The molecule has 0 saturated heterocycles. The average Bonchev–Trinajstić information content (AvgIpc) is 3.22. The molecule has 0 atom stereocenters. The third-order valence-electron chi connectivity index (χ3n) is 4.73. The van der Waals surface area contributed by atoms with Gasteiger partial charge in [-0.2, -0.15) is 5.10 Å². The summed E-state index contributed by atoms with van der Waals surface area (Å²) in [7, 11) is 0. The summed E-state index contributed by atoms with van der Waals surface area (Å²) in [6.07, 6.45) is 3.46. The van der Waals surface area contributed by atoms with Crippen LogP contribution in [0, 0.1) is 5.92 Å². The number of benzene rings is 1. The number of rotatable bonds is 6. The molecular formula is C20H18N6O3S. The van der Waals surface area contributed by atoms with Gasteiger partial charge >= 0.3 is 5.97 Å². The molecule has 0 aliphatic heterocycles. The van der Waals surface area contributed by atoms with Crippen molar-refractivity contribution in [2.75, 3.05) is 11.9 Å². The van der Waals surface area contributed by atoms with E-state index in [0.717, 1.165) is 23.1 Å². The lowest BCUT2D eigenvalue weighted by molar-refractivity contribution is -0.117. The Morgan fingerprint density at radius 3 is 2.80 bits per heavy atom. The normalized spacial score (nSPS) is 13.5.